The van der Waals surface area contributed by atoms with Gasteiger partial charge in [-0.15, -0.1) is 0 Å². The Labute approximate surface area is 123 Å². The standard InChI is InChI=1S/C13H27N2O.HI/c1-15(2,3)12-7-5-4-6-10-14-11-8-9-13(14)16;/h4-12H2,1-3H3;1H/q+1;/p-1. The molecule has 0 aliphatic carbocycles. The Kier molecular flexibility index (Phi) is 8.37. The van der Waals surface area contributed by atoms with E-state index in [-0.39, 0.29) is 24.0 Å². The summed E-state index contributed by atoms with van der Waals surface area (Å²) >= 11 is 0. The van der Waals surface area contributed by atoms with Crippen molar-refractivity contribution in [2.24, 2.45) is 0 Å². The van der Waals surface area contributed by atoms with Crippen LogP contribution in [0, 0.1) is 0 Å². The van der Waals surface area contributed by atoms with E-state index < -0.39 is 0 Å². The number of carbonyl (C=O) groups is 1. The van der Waals surface area contributed by atoms with Gasteiger partial charge in [-0.05, 0) is 25.7 Å². The number of likely N-dealkylation sites (tertiary alicyclic amines) is 1. The molecule has 0 atom stereocenters. The lowest BCUT2D eigenvalue weighted by Crippen LogP contribution is -3.00. The Morgan fingerprint density at radius 1 is 1.12 bits per heavy atom. The molecule has 1 heterocycles. The van der Waals surface area contributed by atoms with Crippen molar-refractivity contribution in [1.82, 2.24) is 4.90 Å². The first-order valence-electron chi connectivity index (χ1n) is 6.57. The number of amides is 1. The molecule has 4 heteroatoms. The van der Waals surface area contributed by atoms with Gasteiger partial charge in [0.1, 0.15) is 0 Å². The molecule has 0 radical (unpaired) electrons. The molecule has 1 aliphatic heterocycles. The summed E-state index contributed by atoms with van der Waals surface area (Å²) in [4.78, 5) is 13.4. The molecule has 0 aromatic carbocycles. The number of hydrogen-bond acceptors (Lipinski definition) is 1. The van der Waals surface area contributed by atoms with Crippen LogP contribution in [-0.2, 0) is 4.79 Å². The van der Waals surface area contributed by atoms with Crippen molar-refractivity contribution in [3.63, 3.8) is 0 Å². The van der Waals surface area contributed by atoms with Crippen molar-refractivity contribution in [1.29, 1.82) is 0 Å². The molecule has 0 N–H and O–H groups in total. The minimum atomic E-state index is 0. The van der Waals surface area contributed by atoms with E-state index in [9.17, 15) is 4.79 Å². The maximum atomic E-state index is 11.3. The van der Waals surface area contributed by atoms with Gasteiger partial charge in [-0.1, -0.05) is 6.42 Å². The Bertz CT molecular complexity index is 226. The molecule has 0 spiro atoms. The molecule has 0 aromatic heterocycles. The predicted octanol–water partition coefficient (Wildman–Crippen LogP) is -1.12. The third kappa shape index (κ3) is 7.97. The van der Waals surface area contributed by atoms with Crippen molar-refractivity contribution in [3.05, 3.63) is 0 Å². The van der Waals surface area contributed by atoms with Crippen LogP contribution in [0.15, 0.2) is 0 Å². The van der Waals surface area contributed by atoms with Crippen LogP contribution in [0.5, 0.6) is 0 Å². The van der Waals surface area contributed by atoms with Crippen LogP contribution in [0.4, 0.5) is 0 Å². The second-order valence-electron chi connectivity index (χ2n) is 5.91. The highest BCUT2D eigenvalue weighted by Crippen LogP contribution is 2.11. The summed E-state index contributed by atoms with van der Waals surface area (Å²) in [6.07, 6.45) is 6.91. The van der Waals surface area contributed by atoms with Crippen LogP contribution in [0.3, 0.4) is 0 Å². The van der Waals surface area contributed by atoms with Gasteiger partial charge < -0.3 is 33.4 Å². The maximum absolute atomic E-state index is 11.3. The molecular weight excluding hydrogens is 327 g/mol. The Morgan fingerprint density at radius 3 is 2.29 bits per heavy atom. The normalized spacial score (nSPS) is 16.2. The van der Waals surface area contributed by atoms with E-state index in [1.807, 2.05) is 4.90 Å². The molecule has 3 nitrogen and oxygen atoms in total. The van der Waals surface area contributed by atoms with E-state index in [0.717, 1.165) is 30.4 Å². The van der Waals surface area contributed by atoms with Crippen LogP contribution in [0.1, 0.15) is 38.5 Å². The third-order valence-corrected chi connectivity index (χ3v) is 3.18. The van der Waals surface area contributed by atoms with Gasteiger partial charge in [0.05, 0.1) is 27.7 Å². The minimum Gasteiger partial charge on any atom is -1.00 e. The fourth-order valence-electron chi connectivity index (χ4n) is 2.18. The molecule has 1 saturated heterocycles. The van der Waals surface area contributed by atoms with Crippen LogP contribution in [0.25, 0.3) is 0 Å². The second-order valence-corrected chi connectivity index (χ2v) is 5.91. The van der Waals surface area contributed by atoms with Crippen molar-refractivity contribution >= 4 is 5.91 Å². The first kappa shape index (κ1) is 17.2. The fraction of sp³-hybridized carbons (Fsp3) is 0.923. The molecule has 0 bridgehead atoms. The monoisotopic (exact) mass is 354 g/mol. The van der Waals surface area contributed by atoms with Crippen molar-refractivity contribution in [2.75, 3.05) is 40.8 Å². The largest absolute Gasteiger partial charge is 1.00 e. The van der Waals surface area contributed by atoms with Crippen LogP contribution < -0.4 is 24.0 Å². The average molecular weight is 354 g/mol. The van der Waals surface area contributed by atoms with Crippen molar-refractivity contribution in [3.8, 4) is 0 Å². The smallest absolute Gasteiger partial charge is 0.222 e. The number of unbranched alkanes of at least 4 members (excludes halogenated alkanes) is 3. The van der Waals surface area contributed by atoms with Crippen LogP contribution >= 0.6 is 0 Å². The van der Waals surface area contributed by atoms with E-state index in [1.165, 1.54) is 32.2 Å². The molecule has 102 valence electrons. The van der Waals surface area contributed by atoms with E-state index in [0.29, 0.717) is 5.91 Å². The number of nitrogens with zero attached hydrogens (tertiary/aromatic N) is 2. The highest BCUT2D eigenvalue weighted by molar-refractivity contribution is 5.77. The van der Waals surface area contributed by atoms with E-state index >= 15 is 0 Å². The zero-order valence-electron chi connectivity index (χ0n) is 11.5. The molecule has 0 saturated carbocycles. The summed E-state index contributed by atoms with van der Waals surface area (Å²) < 4.78 is 1.06. The summed E-state index contributed by atoms with van der Waals surface area (Å²) in [6.45, 7) is 3.24. The van der Waals surface area contributed by atoms with E-state index in [2.05, 4.69) is 21.1 Å². The molecule has 17 heavy (non-hydrogen) atoms. The first-order chi connectivity index (χ1) is 7.49. The van der Waals surface area contributed by atoms with Gasteiger partial charge >= 0.3 is 0 Å². The van der Waals surface area contributed by atoms with Gasteiger partial charge in [0, 0.05) is 19.5 Å². The van der Waals surface area contributed by atoms with Gasteiger partial charge in [0.25, 0.3) is 0 Å². The lowest BCUT2D eigenvalue weighted by Gasteiger charge is -2.23. The van der Waals surface area contributed by atoms with Gasteiger partial charge in [-0.2, -0.15) is 0 Å². The van der Waals surface area contributed by atoms with Crippen LogP contribution in [0.2, 0.25) is 0 Å². The number of halogens is 1. The Morgan fingerprint density at radius 2 is 1.76 bits per heavy atom. The number of quaternary nitrogens is 1. The quantitative estimate of drug-likeness (QED) is 0.322. The summed E-state index contributed by atoms with van der Waals surface area (Å²) in [5.41, 5.74) is 0. The molecule has 1 rings (SSSR count). The maximum Gasteiger partial charge on any atom is 0.222 e. The average Bonchev–Trinajstić information content (AvgIpc) is 2.56. The lowest BCUT2D eigenvalue weighted by atomic mass is 10.2. The van der Waals surface area contributed by atoms with Crippen molar-refractivity contribution in [2.45, 2.75) is 38.5 Å². The molecule has 0 unspecified atom stereocenters. The molecule has 1 fully saturated rings. The minimum absolute atomic E-state index is 0. The molecular formula is C13H27IN2O. The van der Waals surface area contributed by atoms with Crippen molar-refractivity contribution < 1.29 is 33.3 Å². The topological polar surface area (TPSA) is 20.3 Å². The summed E-state index contributed by atoms with van der Waals surface area (Å²) in [5, 5.41) is 0. The number of hydrogen-bond donors (Lipinski definition) is 0. The highest BCUT2D eigenvalue weighted by atomic mass is 127. The molecule has 1 aliphatic rings. The Balaban J connectivity index is 0.00000256. The van der Waals surface area contributed by atoms with Gasteiger partial charge in [0.2, 0.25) is 5.91 Å². The lowest BCUT2D eigenvalue weighted by molar-refractivity contribution is -0.870. The van der Waals surface area contributed by atoms with Crippen LogP contribution in [-0.4, -0.2) is 56.1 Å². The first-order valence-corrected chi connectivity index (χ1v) is 6.57. The molecule has 1 amide bonds. The molecule has 0 aromatic rings. The zero-order valence-corrected chi connectivity index (χ0v) is 13.7. The van der Waals surface area contributed by atoms with Gasteiger partial charge in [0.15, 0.2) is 0 Å². The SMILES string of the molecule is C[N+](C)(C)CCCCCCN1CCCC1=O.[I-]. The second kappa shape index (κ2) is 8.29. The predicted molar refractivity (Wildman–Crippen MR) is 67.2 cm³/mol. The third-order valence-electron chi connectivity index (χ3n) is 3.18. The fourth-order valence-corrected chi connectivity index (χ4v) is 2.18. The van der Waals surface area contributed by atoms with E-state index in [1.54, 1.807) is 0 Å². The Hall–Kier alpha value is 0.160. The highest BCUT2D eigenvalue weighted by Gasteiger charge is 2.18. The van der Waals surface area contributed by atoms with E-state index in [4.69, 9.17) is 0 Å². The summed E-state index contributed by atoms with van der Waals surface area (Å²) in [6, 6.07) is 0. The summed E-state index contributed by atoms with van der Waals surface area (Å²) in [7, 11) is 6.72. The summed E-state index contributed by atoms with van der Waals surface area (Å²) in [5.74, 6) is 0.367. The van der Waals surface area contributed by atoms with Gasteiger partial charge in [-0.25, -0.2) is 0 Å². The number of rotatable bonds is 7. The number of carbonyl (C=O) groups excluding carboxylic acids is 1. The van der Waals surface area contributed by atoms with Gasteiger partial charge in [-0.3, -0.25) is 4.79 Å². The zero-order chi connectivity index (χ0) is 12.0.